The first-order chi connectivity index (χ1) is 25.3. The van der Waals surface area contributed by atoms with Gasteiger partial charge in [-0.2, -0.15) is 0 Å². The molecule has 2 aromatic rings. The van der Waals surface area contributed by atoms with E-state index in [0.717, 1.165) is 27.7 Å². The Bertz CT molecular complexity index is 1890. The molecule has 0 aliphatic carbocycles. The maximum Gasteiger partial charge on any atom is 0.328 e. The number of likely N-dealkylation sites (N-methyl/N-ethyl adjacent to an activating group) is 1. The van der Waals surface area contributed by atoms with E-state index in [-0.39, 0.29) is 30.5 Å². The van der Waals surface area contributed by atoms with Crippen LogP contribution in [0.2, 0.25) is 5.02 Å². The van der Waals surface area contributed by atoms with Crippen molar-refractivity contribution in [1.29, 1.82) is 0 Å². The van der Waals surface area contributed by atoms with Gasteiger partial charge in [-0.1, -0.05) is 48.4 Å². The number of methoxy groups -OCH3 is 1. The molecule has 2 fully saturated rings. The molecule has 2 aromatic carbocycles. The zero-order valence-electron chi connectivity index (χ0n) is 31.9. The number of amides is 2. The number of allylic oxidation sites excluding steroid dienone is 3. The molecule has 292 valence electrons. The number of ether oxygens (including phenoxy) is 4. The number of hydrogen-bond donors (Lipinski definition) is 2. The lowest BCUT2D eigenvalue weighted by Gasteiger charge is -2.41. The van der Waals surface area contributed by atoms with Crippen LogP contribution in [0, 0.1) is 18.7 Å². The Morgan fingerprint density at radius 3 is 2.57 bits per heavy atom. The van der Waals surface area contributed by atoms with E-state index in [9.17, 15) is 28.7 Å². The molecule has 4 bridgehead atoms. The van der Waals surface area contributed by atoms with E-state index >= 15 is 0 Å². The molecule has 0 unspecified atom stereocenters. The number of nitrogen functional groups attached to an aromatic ring is 1. The van der Waals surface area contributed by atoms with Gasteiger partial charge < -0.3 is 39.6 Å². The average molecular weight is 770 g/mol. The monoisotopic (exact) mass is 769 g/mol. The summed E-state index contributed by atoms with van der Waals surface area (Å²) in [6, 6.07) is 6.14. The van der Waals surface area contributed by atoms with Gasteiger partial charge in [0, 0.05) is 39.1 Å². The van der Waals surface area contributed by atoms with Crippen LogP contribution in [0.25, 0.3) is 0 Å². The molecule has 5 rings (SSSR count). The summed E-state index contributed by atoms with van der Waals surface area (Å²) in [5.41, 5.74) is 5.78. The first-order valence-corrected chi connectivity index (χ1v) is 18.2. The quantitative estimate of drug-likeness (QED) is 0.238. The number of nitrogens with two attached hydrogens (primary N) is 1. The topological polar surface area (TPSA) is 161 Å². The minimum atomic E-state index is -1.59. The van der Waals surface area contributed by atoms with E-state index in [4.69, 9.17) is 36.3 Å². The Morgan fingerprint density at radius 2 is 1.91 bits per heavy atom. The number of esters is 2. The fourth-order valence-corrected chi connectivity index (χ4v) is 7.58. The second-order valence-corrected chi connectivity index (χ2v) is 15.4. The van der Waals surface area contributed by atoms with E-state index < -0.39 is 77.1 Å². The van der Waals surface area contributed by atoms with E-state index in [1.807, 2.05) is 32.1 Å². The standard InChI is InChI=1S/C40H49ClFN3O9/c1-21-10-9-11-31(51-8)40(50)19-30(52-34(47)20-40)23(3)36-39(5,54-36)32(18-33(46)45(7)29-16-25(14-21)15-22(2)35(29)41)53-38(49)24(4)44(6)37(48)26-12-13-27(42)28(43)17-26/h9-13,15-17,23-24,30-32,36,50H,14,18-20,43H2,1-8H3/b11-9+,21-10+/t23-,24+,30+,31-,32+,36+,39+,40-/m1/s1. The van der Waals surface area contributed by atoms with E-state index in [2.05, 4.69) is 0 Å². The highest BCUT2D eigenvalue weighted by Gasteiger charge is 2.64. The summed E-state index contributed by atoms with van der Waals surface area (Å²) in [6.07, 6.45) is 1.84. The molecule has 0 spiro atoms. The first-order valence-electron chi connectivity index (χ1n) is 17.8. The van der Waals surface area contributed by atoms with E-state index in [0.29, 0.717) is 17.1 Å². The molecule has 0 saturated carbocycles. The fourth-order valence-electron chi connectivity index (χ4n) is 7.35. The van der Waals surface area contributed by atoms with Crippen LogP contribution in [0.1, 0.15) is 68.4 Å². The molecule has 3 N–H and O–H groups in total. The lowest BCUT2D eigenvalue weighted by molar-refractivity contribution is -0.187. The van der Waals surface area contributed by atoms with Gasteiger partial charge in [-0.25, -0.2) is 9.18 Å². The number of hydrogen-bond acceptors (Lipinski definition) is 10. The van der Waals surface area contributed by atoms with Gasteiger partial charge in [0.2, 0.25) is 5.91 Å². The van der Waals surface area contributed by atoms with Crippen LogP contribution in [0.3, 0.4) is 0 Å². The maximum absolute atomic E-state index is 14.1. The largest absolute Gasteiger partial charge is 0.462 e. The second-order valence-electron chi connectivity index (χ2n) is 15.0. The van der Waals surface area contributed by atoms with Gasteiger partial charge in [0.25, 0.3) is 5.91 Å². The molecule has 14 heteroatoms. The summed E-state index contributed by atoms with van der Waals surface area (Å²) < 4.78 is 37.6. The molecule has 54 heavy (non-hydrogen) atoms. The maximum atomic E-state index is 14.1. The van der Waals surface area contributed by atoms with Crippen molar-refractivity contribution < 1.29 is 47.6 Å². The van der Waals surface area contributed by atoms with Crippen molar-refractivity contribution in [2.24, 2.45) is 5.92 Å². The molecular weight excluding hydrogens is 721 g/mol. The Balaban J connectivity index is 1.51. The minimum Gasteiger partial charge on any atom is -0.462 e. The first kappa shape index (κ1) is 40.9. The Morgan fingerprint density at radius 1 is 1.20 bits per heavy atom. The summed E-state index contributed by atoms with van der Waals surface area (Å²) in [4.78, 5) is 56.7. The highest BCUT2D eigenvalue weighted by Crippen LogP contribution is 2.49. The number of rotatable bonds is 5. The Kier molecular flexibility index (Phi) is 12.0. The van der Waals surface area contributed by atoms with Crippen LogP contribution >= 0.6 is 11.6 Å². The molecule has 2 saturated heterocycles. The third kappa shape index (κ3) is 8.34. The number of aryl methyl sites for hydroxylation is 1. The highest BCUT2D eigenvalue weighted by molar-refractivity contribution is 6.34. The number of halogens is 2. The molecule has 0 radical (unpaired) electrons. The molecule has 12 nitrogen and oxygen atoms in total. The van der Waals surface area contributed by atoms with Gasteiger partial charge >= 0.3 is 11.9 Å². The van der Waals surface area contributed by atoms with Crippen LogP contribution < -0.4 is 10.6 Å². The van der Waals surface area contributed by atoms with Crippen LogP contribution in [0.15, 0.2) is 54.1 Å². The number of carbonyl (C=O) groups excluding carboxylic acids is 4. The summed E-state index contributed by atoms with van der Waals surface area (Å²) >= 11 is 6.77. The minimum absolute atomic E-state index is 0.0367. The van der Waals surface area contributed by atoms with E-state index in [1.165, 1.54) is 38.1 Å². The Labute approximate surface area is 320 Å². The molecule has 2 amide bonds. The van der Waals surface area contributed by atoms with Crippen molar-refractivity contribution >= 4 is 46.7 Å². The third-order valence-corrected chi connectivity index (χ3v) is 11.4. The number of epoxide rings is 1. The lowest BCUT2D eigenvalue weighted by atomic mass is 9.78. The highest BCUT2D eigenvalue weighted by atomic mass is 35.5. The van der Waals surface area contributed by atoms with Gasteiger partial charge in [0.05, 0.1) is 35.3 Å². The number of carbonyl (C=O) groups is 4. The van der Waals surface area contributed by atoms with Crippen molar-refractivity contribution in [2.45, 2.75) is 102 Å². The summed E-state index contributed by atoms with van der Waals surface area (Å²) in [6.45, 7) is 8.77. The number of benzene rings is 2. The number of fused-ring (bicyclic) bond motifs is 5. The number of aliphatic hydroxyl groups is 1. The summed E-state index contributed by atoms with van der Waals surface area (Å²) in [5, 5.41) is 12.2. The van der Waals surface area contributed by atoms with Crippen molar-refractivity contribution in [3.63, 3.8) is 0 Å². The molecular formula is C40H49ClFN3O9. The number of nitrogens with zero attached hydrogens (tertiary/aromatic N) is 2. The van der Waals surface area contributed by atoms with E-state index in [1.54, 1.807) is 33.0 Å². The van der Waals surface area contributed by atoms with Crippen LogP contribution in [0.4, 0.5) is 15.8 Å². The van der Waals surface area contributed by atoms with Crippen molar-refractivity contribution in [2.75, 3.05) is 31.8 Å². The molecule has 3 aliphatic heterocycles. The molecule has 0 aromatic heterocycles. The predicted molar refractivity (Wildman–Crippen MR) is 200 cm³/mol. The zero-order chi connectivity index (χ0) is 39.9. The SMILES string of the molecule is CO[C@@H]1/C=C/C=C(\C)Cc2cc(C)c(Cl)c(c2)N(C)C(=O)C[C@H](OC(=O)[C@H](C)N(C)C(=O)c2ccc(F)c(N)c2)[C@]2(C)O[C@H]2[C@H](C)[C@@H]2C[C@@]1(O)CC(=O)O2. The van der Waals surface area contributed by atoms with Crippen molar-refractivity contribution in [3.8, 4) is 0 Å². The van der Waals surface area contributed by atoms with Gasteiger partial charge in [-0.05, 0) is 69.5 Å². The van der Waals surface area contributed by atoms with Crippen molar-refractivity contribution in [3.05, 3.63) is 81.7 Å². The molecule has 3 heterocycles. The normalized spacial score (nSPS) is 31.0. The van der Waals surface area contributed by atoms with Gasteiger partial charge in [0.1, 0.15) is 41.4 Å². The van der Waals surface area contributed by atoms with Crippen LogP contribution in [-0.4, -0.2) is 96.6 Å². The third-order valence-electron chi connectivity index (χ3n) is 10.9. The lowest BCUT2D eigenvalue weighted by Crippen LogP contribution is -2.53. The van der Waals surface area contributed by atoms with Gasteiger partial charge in [0.15, 0.2) is 0 Å². The Hall–Kier alpha value is -4.30. The molecule has 3 aliphatic rings. The number of anilines is 2. The zero-order valence-corrected chi connectivity index (χ0v) is 32.6. The van der Waals surface area contributed by atoms with Gasteiger partial charge in [-0.3, -0.25) is 14.4 Å². The van der Waals surface area contributed by atoms with Gasteiger partial charge in [-0.15, -0.1) is 0 Å². The van der Waals surface area contributed by atoms with Crippen molar-refractivity contribution in [1.82, 2.24) is 4.90 Å². The predicted octanol–water partition coefficient (Wildman–Crippen LogP) is 5.10. The fraction of sp³-hybridized carbons (Fsp3) is 0.500. The average Bonchev–Trinajstić information content (AvgIpc) is 3.81. The van der Waals surface area contributed by atoms with Crippen LogP contribution in [-0.2, 0) is 39.8 Å². The molecule has 8 atom stereocenters. The second kappa shape index (κ2) is 15.8. The summed E-state index contributed by atoms with van der Waals surface area (Å²) in [5.74, 6) is -3.67. The smallest absolute Gasteiger partial charge is 0.328 e. The van der Waals surface area contributed by atoms with Crippen LogP contribution in [0.5, 0.6) is 0 Å². The summed E-state index contributed by atoms with van der Waals surface area (Å²) in [7, 11) is 4.45.